The van der Waals surface area contributed by atoms with Crippen LogP contribution >= 0.6 is 0 Å². The van der Waals surface area contributed by atoms with Crippen LogP contribution in [0.15, 0.2) is 11.6 Å². The Kier molecular flexibility index (Phi) is 2.64. The number of hydrogen-bond acceptors (Lipinski definition) is 3. The summed E-state index contributed by atoms with van der Waals surface area (Å²) in [5, 5.41) is 21.2. The topological polar surface area (TPSA) is 43.7 Å². The average molecular weight is 263 g/mol. The molecule has 3 nitrogen and oxygen atoms in total. The highest BCUT2D eigenvalue weighted by molar-refractivity contribution is 5.36. The fraction of sp³-hybridized carbons (Fsp3) is 0.875. The van der Waals surface area contributed by atoms with E-state index >= 15 is 0 Å². The zero-order valence-corrected chi connectivity index (χ0v) is 11.8. The van der Waals surface area contributed by atoms with Gasteiger partial charge >= 0.3 is 0 Å². The Morgan fingerprint density at radius 2 is 2.11 bits per heavy atom. The SMILES string of the molecule is C[C@H]1C[C@@H]2C3=CCCN4CCC[C@H]([C@H](O)[C@H]2O)[C@@]34C1. The molecule has 1 spiro atoms. The zero-order valence-electron chi connectivity index (χ0n) is 11.8. The quantitative estimate of drug-likeness (QED) is 0.652. The summed E-state index contributed by atoms with van der Waals surface area (Å²) in [6.07, 6.45) is 6.95. The summed E-state index contributed by atoms with van der Waals surface area (Å²) in [5.74, 6) is 1.11. The number of aliphatic hydroxyl groups is 2. The maximum Gasteiger partial charge on any atom is 0.0868 e. The van der Waals surface area contributed by atoms with Crippen molar-refractivity contribution in [1.82, 2.24) is 4.90 Å². The zero-order chi connectivity index (χ0) is 13.2. The Hall–Kier alpha value is -0.380. The number of rotatable bonds is 0. The molecule has 0 aromatic heterocycles. The summed E-state index contributed by atoms with van der Waals surface area (Å²) >= 11 is 0. The maximum absolute atomic E-state index is 10.6. The lowest BCUT2D eigenvalue weighted by molar-refractivity contribution is -0.159. The summed E-state index contributed by atoms with van der Waals surface area (Å²) in [7, 11) is 0. The molecule has 0 unspecified atom stereocenters. The molecular formula is C16H25NO2. The van der Waals surface area contributed by atoms with Gasteiger partial charge in [-0.3, -0.25) is 4.90 Å². The summed E-state index contributed by atoms with van der Waals surface area (Å²) in [4.78, 5) is 2.65. The largest absolute Gasteiger partial charge is 0.390 e. The predicted octanol–water partition coefficient (Wildman–Crippen LogP) is 1.55. The Bertz CT molecular complexity index is 421. The molecule has 2 aliphatic carbocycles. The smallest absolute Gasteiger partial charge is 0.0868 e. The Balaban J connectivity index is 1.88. The van der Waals surface area contributed by atoms with E-state index in [-0.39, 0.29) is 17.4 Å². The van der Waals surface area contributed by atoms with Crippen LogP contribution in [-0.4, -0.2) is 45.9 Å². The van der Waals surface area contributed by atoms with Crippen molar-refractivity contribution in [2.24, 2.45) is 17.8 Å². The van der Waals surface area contributed by atoms with Gasteiger partial charge in [-0.2, -0.15) is 0 Å². The molecule has 1 saturated heterocycles. The van der Waals surface area contributed by atoms with Gasteiger partial charge in [0.1, 0.15) is 0 Å². The van der Waals surface area contributed by atoms with Gasteiger partial charge in [0.2, 0.25) is 0 Å². The molecule has 106 valence electrons. The van der Waals surface area contributed by atoms with Crippen LogP contribution in [0.4, 0.5) is 0 Å². The van der Waals surface area contributed by atoms with E-state index in [0.29, 0.717) is 5.92 Å². The molecule has 19 heavy (non-hydrogen) atoms. The molecule has 6 atom stereocenters. The van der Waals surface area contributed by atoms with Crippen molar-refractivity contribution in [1.29, 1.82) is 0 Å². The van der Waals surface area contributed by atoms with Crippen molar-refractivity contribution in [3.05, 3.63) is 11.6 Å². The van der Waals surface area contributed by atoms with Crippen LogP contribution in [-0.2, 0) is 0 Å². The standard InChI is InChI=1S/C16H25NO2/c1-10-8-11-12-4-2-6-17-7-3-5-13(15(19)14(11)18)16(12,17)9-10/h4,10-11,13-15,18-19H,2-3,5-9H2,1H3/t10-,11+,13+,14-,15-,16+/m0/s1. The van der Waals surface area contributed by atoms with Crippen LogP contribution in [0.25, 0.3) is 0 Å². The minimum Gasteiger partial charge on any atom is -0.390 e. The third kappa shape index (κ3) is 1.44. The average Bonchev–Trinajstić information content (AvgIpc) is 2.40. The molecule has 2 bridgehead atoms. The third-order valence-corrected chi connectivity index (χ3v) is 6.27. The van der Waals surface area contributed by atoms with E-state index in [1.54, 1.807) is 0 Å². The van der Waals surface area contributed by atoms with E-state index in [4.69, 9.17) is 0 Å². The highest BCUT2D eigenvalue weighted by Crippen LogP contribution is 2.58. The lowest BCUT2D eigenvalue weighted by atomic mass is 9.51. The number of hydrogen-bond donors (Lipinski definition) is 2. The van der Waals surface area contributed by atoms with Crippen molar-refractivity contribution in [3.63, 3.8) is 0 Å². The second kappa shape index (κ2) is 4.06. The van der Waals surface area contributed by atoms with Crippen molar-refractivity contribution >= 4 is 0 Å². The molecule has 2 saturated carbocycles. The number of nitrogens with zero attached hydrogens (tertiary/aromatic N) is 1. The first kappa shape index (κ1) is 12.4. The molecule has 3 heteroatoms. The molecule has 2 heterocycles. The van der Waals surface area contributed by atoms with Gasteiger partial charge in [0.25, 0.3) is 0 Å². The van der Waals surface area contributed by atoms with Crippen LogP contribution in [0.5, 0.6) is 0 Å². The fourth-order valence-corrected chi connectivity index (χ4v) is 5.73. The summed E-state index contributed by atoms with van der Waals surface area (Å²) in [5.41, 5.74) is 1.58. The molecule has 0 aromatic carbocycles. The highest BCUT2D eigenvalue weighted by atomic mass is 16.3. The Labute approximate surface area is 115 Å². The molecule has 4 aliphatic rings. The van der Waals surface area contributed by atoms with Crippen molar-refractivity contribution in [2.45, 2.75) is 56.8 Å². The highest BCUT2D eigenvalue weighted by Gasteiger charge is 2.62. The molecule has 0 radical (unpaired) electrons. The van der Waals surface area contributed by atoms with Gasteiger partial charge in [0.05, 0.1) is 12.2 Å². The monoisotopic (exact) mass is 263 g/mol. The van der Waals surface area contributed by atoms with Crippen molar-refractivity contribution in [2.75, 3.05) is 13.1 Å². The van der Waals surface area contributed by atoms with Gasteiger partial charge in [0.15, 0.2) is 0 Å². The Morgan fingerprint density at radius 3 is 2.95 bits per heavy atom. The maximum atomic E-state index is 10.6. The van der Waals surface area contributed by atoms with E-state index in [1.807, 2.05) is 0 Å². The Morgan fingerprint density at radius 1 is 1.26 bits per heavy atom. The van der Waals surface area contributed by atoms with Crippen LogP contribution < -0.4 is 0 Å². The number of piperidine rings is 1. The first-order valence-corrected chi connectivity index (χ1v) is 7.96. The first-order chi connectivity index (χ1) is 9.14. The summed E-state index contributed by atoms with van der Waals surface area (Å²) in [6, 6.07) is 0. The first-order valence-electron chi connectivity index (χ1n) is 7.96. The molecule has 2 aliphatic heterocycles. The van der Waals surface area contributed by atoms with Gasteiger partial charge in [0, 0.05) is 23.9 Å². The van der Waals surface area contributed by atoms with Crippen LogP contribution in [0, 0.1) is 17.8 Å². The van der Waals surface area contributed by atoms with Crippen LogP contribution in [0.2, 0.25) is 0 Å². The van der Waals surface area contributed by atoms with Crippen molar-refractivity contribution in [3.8, 4) is 0 Å². The fourth-order valence-electron chi connectivity index (χ4n) is 5.73. The lowest BCUT2D eigenvalue weighted by Gasteiger charge is -2.65. The van der Waals surface area contributed by atoms with Gasteiger partial charge in [-0.15, -0.1) is 0 Å². The van der Waals surface area contributed by atoms with Crippen LogP contribution in [0.1, 0.15) is 39.0 Å². The van der Waals surface area contributed by atoms with E-state index in [2.05, 4.69) is 17.9 Å². The molecule has 3 fully saturated rings. The molecular weight excluding hydrogens is 238 g/mol. The van der Waals surface area contributed by atoms with Crippen molar-refractivity contribution < 1.29 is 10.2 Å². The van der Waals surface area contributed by atoms with E-state index in [9.17, 15) is 10.2 Å². The second-order valence-electron chi connectivity index (χ2n) is 7.24. The van der Waals surface area contributed by atoms with Gasteiger partial charge in [-0.1, -0.05) is 13.0 Å². The summed E-state index contributed by atoms with van der Waals surface area (Å²) < 4.78 is 0. The third-order valence-electron chi connectivity index (χ3n) is 6.27. The van der Waals surface area contributed by atoms with Gasteiger partial charge < -0.3 is 10.2 Å². The normalized spacial score (nSPS) is 53.4. The molecule has 2 N–H and O–H groups in total. The molecule has 0 aromatic rings. The van der Waals surface area contributed by atoms with E-state index in [1.165, 1.54) is 25.0 Å². The summed E-state index contributed by atoms with van der Waals surface area (Å²) in [6.45, 7) is 4.64. The number of aliphatic hydroxyl groups excluding tert-OH is 2. The van der Waals surface area contributed by atoms with Gasteiger partial charge in [-0.05, 0) is 50.1 Å². The van der Waals surface area contributed by atoms with E-state index in [0.717, 1.165) is 25.8 Å². The predicted molar refractivity (Wildman–Crippen MR) is 73.6 cm³/mol. The lowest BCUT2D eigenvalue weighted by Crippen LogP contribution is -2.71. The van der Waals surface area contributed by atoms with E-state index < -0.39 is 12.2 Å². The van der Waals surface area contributed by atoms with Gasteiger partial charge in [-0.25, -0.2) is 0 Å². The minimum atomic E-state index is -0.537. The minimum absolute atomic E-state index is 0.0947. The molecule has 4 rings (SSSR count). The molecule has 0 amide bonds. The van der Waals surface area contributed by atoms with Crippen LogP contribution in [0.3, 0.4) is 0 Å². The second-order valence-corrected chi connectivity index (χ2v) is 7.24.